The van der Waals surface area contributed by atoms with Crippen molar-refractivity contribution in [2.75, 3.05) is 0 Å². The molecule has 0 radical (unpaired) electrons. The van der Waals surface area contributed by atoms with Crippen molar-refractivity contribution in [2.24, 2.45) is 0 Å². The highest BCUT2D eigenvalue weighted by Crippen LogP contribution is 2.13. The van der Waals surface area contributed by atoms with Crippen LogP contribution in [-0.4, -0.2) is 0 Å². The number of allylic oxidation sites excluding steroid dienone is 4. The van der Waals surface area contributed by atoms with Crippen LogP contribution in [0.25, 0.3) is 0 Å². The summed E-state index contributed by atoms with van der Waals surface area (Å²) in [5.74, 6) is 0. The second kappa shape index (κ2) is 2.07. The maximum atomic E-state index is 5.62. The summed E-state index contributed by atoms with van der Waals surface area (Å²) >= 11 is 5.62. The molecule has 1 aliphatic rings. The van der Waals surface area contributed by atoms with Crippen LogP contribution in [0.2, 0.25) is 0 Å². The van der Waals surface area contributed by atoms with Crippen LogP contribution in [0.15, 0.2) is 34.2 Å². The van der Waals surface area contributed by atoms with E-state index in [9.17, 15) is 0 Å². The molecule has 0 spiro atoms. The Balaban J connectivity index is 3.14. The molecule has 0 N–H and O–H groups in total. The molecule has 0 atom stereocenters. The SMILES string of the molecule is CC1=CC=C=C=C1Cl. The first-order chi connectivity index (χ1) is 3.80. The van der Waals surface area contributed by atoms with E-state index in [-0.39, 0.29) is 0 Å². The normalized spacial score (nSPS) is 15.8. The average Bonchev–Trinajstić information content (AvgIpc) is 1.77. The van der Waals surface area contributed by atoms with E-state index in [4.69, 9.17) is 11.6 Å². The van der Waals surface area contributed by atoms with Crippen molar-refractivity contribution in [1.29, 1.82) is 0 Å². The second-order valence-corrected chi connectivity index (χ2v) is 1.98. The van der Waals surface area contributed by atoms with Crippen molar-refractivity contribution in [3.63, 3.8) is 0 Å². The summed E-state index contributed by atoms with van der Waals surface area (Å²) in [6, 6.07) is 0. The third-order valence-electron chi connectivity index (χ3n) is 0.945. The van der Waals surface area contributed by atoms with E-state index in [0.717, 1.165) is 5.57 Å². The van der Waals surface area contributed by atoms with Crippen molar-refractivity contribution in [3.05, 3.63) is 34.2 Å². The summed E-state index contributed by atoms with van der Waals surface area (Å²) < 4.78 is 0. The van der Waals surface area contributed by atoms with Crippen LogP contribution in [0.1, 0.15) is 6.92 Å². The van der Waals surface area contributed by atoms with Gasteiger partial charge in [-0.2, -0.15) is 0 Å². The predicted molar refractivity (Wildman–Crippen MR) is 34.7 cm³/mol. The fourth-order valence-electron chi connectivity index (χ4n) is 0.443. The van der Waals surface area contributed by atoms with Gasteiger partial charge < -0.3 is 0 Å². The molecular weight excluding hydrogens is 120 g/mol. The molecule has 0 fully saturated rings. The van der Waals surface area contributed by atoms with Crippen LogP contribution in [0.3, 0.4) is 0 Å². The zero-order valence-electron chi connectivity index (χ0n) is 4.53. The van der Waals surface area contributed by atoms with Crippen LogP contribution in [0.4, 0.5) is 0 Å². The van der Waals surface area contributed by atoms with Gasteiger partial charge in [0.15, 0.2) is 0 Å². The molecule has 1 rings (SSSR count). The van der Waals surface area contributed by atoms with Crippen LogP contribution < -0.4 is 0 Å². The fourth-order valence-corrected chi connectivity index (χ4v) is 0.561. The molecule has 0 saturated carbocycles. The Morgan fingerprint density at radius 3 is 2.75 bits per heavy atom. The van der Waals surface area contributed by atoms with Crippen molar-refractivity contribution in [3.8, 4) is 0 Å². The smallest absolute Gasteiger partial charge is 0.0741 e. The van der Waals surface area contributed by atoms with Crippen LogP contribution >= 0.6 is 11.6 Å². The third-order valence-corrected chi connectivity index (χ3v) is 1.34. The van der Waals surface area contributed by atoms with Gasteiger partial charge in [-0.05, 0) is 30.4 Å². The fraction of sp³-hybridized carbons (Fsp3) is 0.143. The summed E-state index contributed by atoms with van der Waals surface area (Å²) in [5, 5.41) is 0.660. The molecule has 1 heteroatoms. The number of hydrogen-bond donors (Lipinski definition) is 0. The van der Waals surface area contributed by atoms with E-state index >= 15 is 0 Å². The molecule has 40 valence electrons. The van der Waals surface area contributed by atoms with E-state index in [1.807, 2.05) is 13.0 Å². The first-order valence-corrected chi connectivity index (χ1v) is 2.73. The van der Waals surface area contributed by atoms with E-state index in [0.29, 0.717) is 5.03 Å². The summed E-state index contributed by atoms with van der Waals surface area (Å²) in [6.45, 7) is 1.94. The number of hydrogen-bond acceptors (Lipinski definition) is 0. The first-order valence-electron chi connectivity index (χ1n) is 2.35. The maximum absolute atomic E-state index is 5.62. The lowest BCUT2D eigenvalue weighted by Gasteiger charge is -1.91. The van der Waals surface area contributed by atoms with Gasteiger partial charge in [-0.1, -0.05) is 17.3 Å². The van der Waals surface area contributed by atoms with Crippen molar-refractivity contribution < 1.29 is 0 Å². The molecule has 0 saturated heterocycles. The molecule has 0 aromatic heterocycles. The average molecular weight is 125 g/mol. The number of rotatable bonds is 0. The second-order valence-electron chi connectivity index (χ2n) is 1.60. The lowest BCUT2D eigenvalue weighted by Crippen LogP contribution is -1.73. The van der Waals surface area contributed by atoms with Gasteiger partial charge in [0.1, 0.15) is 0 Å². The summed E-state index contributed by atoms with van der Waals surface area (Å²) in [5.41, 5.74) is 6.53. The Morgan fingerprint density at radius 1 is 1.62 bits per heavy atom. The zero-order chi connectivity index (χ0) is 5.98. The minimum absolute atomic E-state index is 0.660. The lowest BCUT2D eigenvalue weighted by atomic mass is 10.2. The Labute approximate surface area is 53.5 Å². The van der Waals surface area contributed by atoms with Crippen molar-refractivity contribution >= 4 is 11.6 Å². The Kier molecular flexibility index (Phi) is 1.41. The van der Waals surface area contributed by atoms with E-state index in [1.165, 1.54) is 0 Å². The number of halogens is 1. The lowest BCUT2D eigenvalue weighted by molar-refractivity contribution is 1.49. The summed E-state index contributed by atoms with van der Waals surface area (Å²) in [6.07, 6.45) is 3.69. The topological polar surface area (TPSA) is 0 Å². The van der Waals surface area contributed by atoms with Crippen molar-refractivity contribution in [2.45, 2.75) is 6.92 Å². The highest BCUT2D eigenvalue weighted by molar-refractivity contribution is 6.31. The van der Waals surface area contributed by atoms with Gasteiger partial charge in [0.05, 0.1) is 5.03 Å². The van der Waals surface area contributed by atoms with Gasteiger partial charge in [0.2, 0.25) is 0 Å². The summed E-state index contributed by atoms with van der Waals surface area (Å²) in [4.78, 5) is 0. The van der Waals surface area contributed by atoms with Crippen LogP contribution in [0.5, 0.6) is 0 Å². The van der Waals surface area contributed by atoms with Gasteiger partial charge in [-0.25, -0.2) is 0 Å². The zero-order valence-corrected chi connectivity index (χ0v) is 5.29. The summed E-state index contributed by atoms with van der Waals surface area (Å²) in [7, 11) is 0. The Morgan fingerprint density at radius 2 is 2.38 bits per heavy atom. The molecule has 8 heavy (non-hydrogen) atoms. The highest BCUT2D eigenvalue weighted by Gasteiger charge is 1.92. The monoisotopic (exact) mass is 124 g/mol. The van der Waals surface area contributed by atoms with Crippen LogP contribution in [0, 0.1) is 0 Å². The quantitative estimate of drug-likeness (QED) is 0.435. The van der Waals surface area contributed by atoms with Gasteiger partial charge in [0.25, 0.3) is 0 Å². The minimum Gasteiger partial charge on any atom is -0.0741 e. The van der Waals surface area contributed by atoms with Gasteiger partial charge in [0, 0.05) is 0 Å². The predicted octanol–water partition coefficient (Wildman–Crippen LogP) is 2.38. The molecule has 0 aromatic carbocycles. The van der Waals surface area contributed by atoms with Crippen LogP contribution in [-0.2, 0) is 0 Å². The molecule has 0 nitrogen and oxygen atoms in total. The standard InChI is InChI=1S/C7H5Cl/c1-6-4-2-3-5-7(6)8/h2,4H,1H3. The molecule has 0 amide bonds. The maximum Gasteiger partial charge on any atom is 0.0936 e. The molecule has 0 unspecified atom stereocenters. The Bertz CT molecular complexity index is 221. The van der Waals surface area contributed by atoms with E-state index in [2.05, 4.69) is 11.5 Å². The molecule has 0 aromatic rings. The Hall–Kier alpha value is -0.670. The largest absolute Gasteiger partial charge is 0.0936 e. The van der Waals surface area contributed by atoms with Crippen molar-refractivity contribution in [1.82, 2.24) is 0 Å². The molecule has 0 bridgehead atoms. The van der Waals surface area contributed by atoms with Gasteiger partial charge in [-0.15, -0.1) is 0 Å². The van der Waals surface area contributed by atoms with E-state index < -0.39 is 0 Å². The molecule has 1 aliphatic carbocycles. The first kappa shape index (κ1) is 5.47. The highest BCUT2D eigenvalue weighted by atomic mass is 35.5. The van der Waals surface area contributed by atoms with E-state index in [1.54, 1.807) is 6.08 Å². The molecule has 0 aliphatic heterocycles. The minimum atomic E-state index is 0.660. The van der Waals surface area contributed by atoms with Gasteiger partial charge in [-0.3, -0.25) is 0 Å². The molecular formula is C7H5Cl. The third kappa shape index (κ3) is 0.936. The van der Waals surface area contributed by atoms with Gasteiger partial charge >= 0.3 is 0 Å². The molecule has 0 heterocycles.